The van der Waals surface area contributed by atoms with Gasteiger partial charge in [0.15, 0.2) is 3.77 Å². The fourth-order valence-corrected chi connectivity index (χ4v) is 2.09. The minimum atomic E-state index is 0.736. The van der Waals surface area contributed by atoms with Gasteiger partial charge >= 0.3 is 0 Å². The van der Waals surface area contributed by atoms with Crippen LogP contribution in [0.2, 0.25) is 0 Å². The van der Waals surface area contributed by atoms with Crippen LogP contribution < -0.4 is 5.32 Å². The first kappa shape index (κ1) is 11.5. The second kappa shape index (κ2) is 5.39. The van der Waals surface area contributed by atoms with Crippen molar-refractivity contribution in [2.24, 2.45) is 0 Å². The molecule has 0 aliphatic carbocycles. The van der Waals surface area contributed by atoms with Crippen molar-refractivity contribution < 1.29 is 4.42 Å². The summed E-state index contributed by atoms with van der Waals surface area (Å²) in [5, 5.41) is 3.40. The van der Waals surface area contributed by atoms with E-state index in [1.54, 1.807) is 0 Å². The summed E-state index contributed by atoms with van der Waals surface area (Å²) in [6.45, 7) is 2.90. The Labute approximate surface area is 109 Å². The predicted octanol–water partition coefficient (Wildman–Crippen LogP) is 4.06. The van der Waals surface area contributed by atoms with Crippen molar-refractivity contribution in [1.29, 1.82) is 0 Å². The molecule has 2 aromatic rings. The van der Waals surface area contributed by atoms with Crippen molar-refractivity contribution in [1.82, 2.24) is 0 Å². The molecule has 3 heteroatoms. The lowest BCUT2D eigenvalue weighted by Gasteiger charge is -2.09. The second-order valence-corrected chi connectivity index (χ2v) is 4.63. The number of para-hydroxylation sites is 1. The lowest BCUT2D eigenvalue weighted by atomic mass is 10.1. The quantitative estimate of drug-likeness (QED) is 0.857. The van der Waals surface area contributed by atoms with E-state index in [4.69, 9.17) is 4.42 Å². The molecule has 16 heavy (non-hydrogen) atoms. The van der Waals surface area contributed by atoms with E-state index >= 15 is 0 Å². The highest BCUT2D eigenvalue weighted by atomic mass is 127. The average molecular weight is 327 g/mol. The third-order valence-corrected chi connectivity index (χ3v) is 3.06. The van der Waals surface area contributed by atoms with Crippen LogP contribution in [0.4, 0.5) is 5.69 Å². The number of rotatable bonds is 4. The minimum Gasteiger partial charge on any atom is -0.454 e. The molecule has 2 nitrogen and oxygen atoms in total. The van der Waals surface area contributed by atoms with Crippen molar-refractivity contribution in [3.05, 3.63) is 51.5 Å². The van der Waals surface area contributed by atoms with Crippen LogP contribution in [0.25, 0.3) is 0 Å². The van der Waals surface area contributed by atoms with Gasteiger partial charge in [0.1, 0.15) is 5.76 Å². The smallest absolute Gasteiger partial charge is 0.164 e. The molecule has 2 rings (SSSR count). The summed E-state index contributed by atoms with van der Waals surface area (Å²) < 4.78 is 6.43. The van der Waals surface area contributed by atoms with Gasteiger partial charge in [-0.2, -0.15) is 0 Å². The number of hydrogen-bond donors (Lipinski definition) is 1. The SMILES string of the molecule is CCc1ccccc1NCc1ccc(I)o1. The van der Waals surface area contributed by atoms with E-state index in [0.29, 0.717) is 0 Å². The van der Waals surface area contributed by atoms with Gasteiger partial charge in [0, 0.05) is 5.69 Å². The number of anilines is 1. The van der Waals surface area contributed by atoms with Crippen molar-refractivity contribution in [2.45, 2.75) is 19.9 Å². The predicted molar refractivity (Wildman–Crippen MR) is 74.6 cm³/mol. The number of furan rings is 1. The van der Waals surface area contributed by atoms with E-state index in [2.05, 4.69) is 53.0 Å². The summed E-state index contributed by atoms with van der Waals surface area (Å²) in [6.07, 6.45) is 1.04. The molecule has 1 aromatic heterocycles. The average Bonchev–Trinajstić information content (AvgIpc) is 2.73. The van der Waals surface area contributed by atoms with Crippen LogP contribution in [-0.2, 0) is 13.0 Å². The number of benzene rings is 1. The second-order valence-electron chi connectivity index (χ2n) is 3.57. The molecule has 1 heterocycles. The first-order valence-electron chi connectivity index (χ1n) is 5.35. The Kier molecular flexibility index (Phi) is 3.88. The topological polar surface area (TPSA) is 25.2 Å². The van der Waals surface area contributed by atoms with Crippen LogP contribution in [0, 0.1) is 3.77 Å². The van der Waals surface area contributed by atoms with E-state index in [1.807, 2.05) is 18.2 Å². The van der Waals surface area contributed by atoms with Crippen LogP contribution in [0.15, 0.2) is 40.8 Å². The van der Waals surface area contributed by atoms with Gasteiger partial charge in [-0.25, -0.2) is 0 Å². The summed E-state index contributed by atoms with van der Waals surface area (Å²) >= 11 is 2.17. The molecular formula is C13H14INO. The maximum atomic E-state index is 5.50. The van der Waals surface area contributed by atoms with Crippen LogP contribution in [0.1, 0.15) is 18.2 Å². The summed E-state index contributed by atoms with van der Waals surface area (Å²) in [5.41, 5.74) is 2.53. The largest absolute Gasteiger partial charge is 0.454 e. The molecule has 0 spiro atoms. The van der Waals surface area contributed by atoms with Crippen molar-refractivity contribution in [3.63, 3.8) is 0 Å². The van der Waals surface area contributed by atoms with Crippen LogP contribution >= 0.6 is 22.6 Å². The van der Waals surface area contributed by atoms with Gasteiger partial charge in [0.2, 0.25) is 0 Å². The fourth-order valence-electron chi connectivity index (χ4n) is 1.63. The van der Waals surface area contributed by atoms with E-state index in [-0.39, 0.29) is 0 Å². The molecule has 0 amide bonds. The van der Waals surface area contributed by atoms with Gasteiger partial charge < -0.3 is 9.73 Å². The maximum absolute atomic E-state index is 5.50. The number of hydrogen-bond acceptors (Lipinski definition) is 2. The molecular weight excluding hydrogens is 313 g/mol. The van der Waals surface area contributed by atoms with Crippen molar-refractivity contribution >= 4 is 28.3 Å². The van der Waals surface area contributed by atoms with Crippen LogP contribution in [-0.4, -0.2) is 0 Å². The zero-order valence-corrected chi connectivity index (χ0v) is 11.3. The van der Waals surface area contributed by atoms with Gasteiger partial charge in [-0.1, -0.05) is 25.1 Å². The highest BCUT2D eigenvalue weighted by Gasteiger charge is 2.01. The molecule has 1 aromatic carbocycles. The Morgan fingerprint density at radius 1 is 1.19 bits per heavy atom. The zero-order chi connectivity index (χ0) is 11.4. The molecule has 0 saturated carbocycles. The third kappa shape index (κ3) is 2.78. The van der Waals surface area contributed by atoms with Crippen molar-refractivity contribution in [3.8, 4) is 0 Å². The summed E-state index contributed by atoms with van der Waals surface area (Å²) in [5.74, 6) is 0.968. The monoisotopic (exact) mass is 327 g/mol. The zero-order valence-electron chi connectivity index (χ0n) is 9.16. The molecule has 0 fully saturated rings. The lowest BCUT2D eigenvalue weighted by molar-refractivity contribution is 0.493. The fraction of sp³-hybridized carbons (Fsp3) is 0.231. The van der Waals surface area contributed by atoms with E-state index in [0.717, 1.165) is 22.5 Å². The van der Waals surface area contributed by atoms with Gasteiger partial charge in [0.05, 0.1) is 6.54 Å². The van der Waals surface area contributed by atoms with E-state index < -0.39 is 0 Å². The Bertz CT molecular complexity index is 464. The molecule has 0 radical (unpaired) electrons. The minimum absolute atomic E-state index is 0.736. The summed E-state index contributed by atoms with van der Waals surface area (Å²) in [4.78, 5) is 0. The maximum Gasteiger partial charge on any atom is 0.164 e. The lowest BCUT2D eigenvalue weighted by Crippen LogP contribution is -2.00. The van der Waals surface area contributed by atoms with E-state index in [1.165, 1.54) is 11.3 Å². The Hall–Kier alpha value is -0.970. The Balaban J connectivity index is 2.04. The molecule has 0 saturated heterocycles. The first-order valence-corrected chi connectivity index (χ1v) is 6.43. The molecule has 0 aliphatic rings. The molecule has 0 aliphatic heterocycles. The Morgan fingerprint density at radius 3 is 2.69 bits per heavy atom. The summed E-state index contributed by atoms with van der Waals surface area (Å²) in [7, 11) is 0. The highest BCUT2D eigenvalue weighted by molar-refractivity contribution is 14.1. The van der Waals surface area contributed by atoms with Gasteiger partial charge in [0.25, 0.3) is 0 Å². The number of halogens is 1. The number of nitrogens with one attached hydrogen (secondary N) is 1. The first-order chi connectivity index (χ1) is 7.79. The molecule has 0 unspecified atom stereocenters. The van der Waals surface area contributed by atoms with Crippen molar-refractivity contribution in [2.75, 3.05) is 5.32 Å². The number of aryl methyl sites for hydroxylation is 1. The van der Waals surface area contributed by atoms with Crippen LogP contribution in [0.5, 0.6) is 0 Å². The molecule has 1 N–H and O–H groups in total. The van der Waals surface area contributed by atoms with Gasteiger partial charge in [-0.15, -0.1) is 0 Å². The van der Waals surface area contributed by atoms with Gasteiger partial charge in [-0.3, -0.25) is 0 Å². The van der Waals surface area contributed by atoms with Gasteiger partial charge in [-0.05, 0) is 52.8 Å². The molecule has 0 atom stereocenters. The van der Waals surface area contributed by atoms with E-state index in [9.17, 15) is 0 Å². The highest BCUT2D eigenvalue weighted by Crippen LogP contribution is 2.17. The third-order valence-electron chi connectivity index (χ3n) is 2.48. The Morgan fingerprint density at radius 2 is 2.00 bits per heavy atom. The normalized spacial score (nSPS) is 10.4. The summed E-state index contributed by atoms with van der Waals surface area (Å²) in [6, 6.07) is 12.3. The molecule has 84 valence electrons. The van der Waals surface area contributed by atoms with Crippen LogP contribution in [0.3, 0.4) is 0 Å². The molecule has 0 bridgehead atoms. The standard InChI is InChI=1S/C13H14INO/c1-2-10-5-3-4-6-12(10)15-9-11-7-8-13(14)16-11/h3-8,15H,2,9H2,1H3.